The third-order valence-electron chi connectivity index (χ3n) is 3.82. The number of esters is 9. The number of aliphatic hydroxyl groups excluding tert-OH is 1. The predicted octanol–water partition coefficient (Wildman–Crippen LogP) is 10.8. The lowest BCUT2D eigenvalue weighted by atomic mass is 10.2. The molecule has 0 aromatic carbocycles. The maximum absolute atomic E-state index is 10.1. The molecule has 97 heavy (non-hydrogen) atoms. The highest BCUT2D eigenvalue weighted by Crippen LogP contribution is 1.86. The van der Waals surface area contributed by atoms with Crippen LogP contribution in [0.3, 0.4) is 0 Å². The zero-order valence-corrected chi connectivity index (χ0v) is 66.9. The Morgan fingerprint density at radius 1 is 0.186 bits per heavy atom. The molecular formula is C68H136O29. The summed E-state index contributed by atoms with van der Waals surface area (Å²) in [6, 6.07) is 0. The lowest BCUT2D eigenvalue weighted by molar-refractivity contribution is -0.141. The molecule has 0 aromatic rings. The molecule has 582 valence electrons. The van der Waals surface area contributed by atoms with Crippen molar-refractivity contribution >= 4 is 112 Å². The summed E-state index contributed by atoms with van der Waals surface area (Å²) in [6.07, 6.45) is 1.12. The molecule has 0 aliphatic heterocycles. The summed E-state index contributed by atoms with van der Waals surface area (Å²) in [5.41, 5.74) is 0. The number of ketones is 10. The van der Waals surface area contributed by atoms with Crippen molar-refractivity contribution < 1.29 is 139 Å². The van der Waals surface area contributed by atoms with Gasteiger partial charge in [0.05, 0.1) is 59.5 Å². The molecular weight excluding hydrogens is 1280 g/mol. The number of carbonyl (C=O) groups is 19. The van der Waals surface area contributed by atoms with E-state index in [2.05, 4.69) is 42.6 Å². The van der Waals surface area contributed by atoms with Gasteiger partial charge in [-0.2, -0.15) is 0 Å². The smallest absolute Gasteiger partial charge is 0.302 e. The van der Waals surface area contributed by atoms with E-state index in [0.717, 1.165) is 0 Å². The van der Waals surface area contributed by atoms with Crippen molar-refractivity contribution in [2.45, 2.75) is 269 Å². The summed E-state index contributed by atoms with van der Waals surface area (Å²) < 4.78 is 39.6. The van der Waals surface area contributed by atoms with E-state index in [1.54, 1.807) is 62.3 Å². The third kappa shape index (κ3) is 1240. The van der Waals surface area contributed by atoms with Gasteiger partial charge in [-0.05, 0) is 200 Å². The first kappa shape index (κ1) is 141. The van der Waals surface area contributed by atoms with Crippen LogP contribution in [-0.4, -0.2) is 183 Å². The van der Waals surface area contributed by atoms with Crippen LogP contribution in [0.25, 0.3) is 0 Å². The van der Waals surface area contributed by atoms with Crippen LogP contribution in [0.4, 0.5) is 0 Å². The van der Waals surface area contributed by atoms with Crippen molar-refractivity contribution in [3.63, 3.8) is 0 Å². The molecule has 0 atom stereocenters. The predicted molar refractivity (Wildman–Crippen MR) is 375 cm³/mol. The number of ether oxygens (including phenoxy) is 9. The molecule has 0 heterocycles. The summed E-state index contributed by atoms with van der Waals surface area (Å²) in [6.45, 7) is 62.0. The monoisotopic (exact) mass is 1420 g/mol. The zero-order chi connectivity index (χ0) is 82.8. The van der Waals surface area contributed by atoms with Crippen molar-refractivity contribution in [2.75, 3.05) is 66.1 Å². The quantitative estimate of drug-likeness (QED) is 0.140. The zero-order valence-electron chi connectivity index (χ0n) is 66.9. The van der Waals surface area contributed by atoms with Gasteiger partial charge in [-0.25, -0.2) is 0 Å². The Labute approximate surface area is 583 Å². The second kappa shape index (κ2) is 136. The molecule has 0 aliphatic rings. The fourth-order valence-electron chi connectivity index (χ4n) is 2.16. The Balaban J connectivity index is -0.0000000391. The lowest BCUT2D eigenvalue weighted by Crippen LogP contribution is -1.95. The minimum absolute atomic E-state index is 0.125. The highest BCUT2D eigenvalue weighted by Gasteiger charge is 1.89. The van der Waals surface area contributed by atoms with E-state index in [1.165, 1.54) is 194 Å². The van der Waals surface area contributed by atoms with Crippen molar-refractivity contribution in [3.05, 3.63) is 0 Å². The standard InChI is InChI=1S/C5H10O2.9C4H8O2.9C3H6O/c1-5(7)3-2-4-6;9*1-3-6-4(2)5;9*1-3(2)4/h6H,2-4H2,1H3;9*3H2,1-2H3;9*1-2H3. The number of hydrogen-bond acceptors (Lipinski definition) is 29. The van der Waals surface area contributed by atoms with Crippen molar-refractivity contribution in [1.29, 1.82) is 0 Å². The van der Waals surface area contributed by atoms with Crippen LogP contribution in [0.1, 0.15) is 269 Å². The molecule has 1 N–H and O–H groups in total. The van der Waals surface area contributed by atoms with Crippen LogP contribution < -0.4 is 0 Å². The molecule has 29 nitrogen and oxygen atoms in total. The second-order valence-electron chi connectivity index (χ2n) is 18.0. The number of aliphatic hydroxyl groups is 1. The van der Waals surface area contributed by atoms with E-state index < -0.39 is 0 Å². The van der Waals surface area contributed by atoms with Crippen LogP contribution in [0.5, 0.6) is 0 Å². The van der Waals surface area contributed by atoms with E-state index in [0.29, 0.717) is 72.3 Å². The molecule has 0 rings (SSSR count). The first-order valence-corrected chi connectivity index (χ1v) is 30.3. The van der Waals surface area contributed by atoms with Crippen LogP contribution >= 0.6 is 0 Å². The van der Waals surface area contributed by atoms with E-state index >= 15 is 0 Å². The highest BCUT2D eigenvalue weighted by molar-refractivity contribution is 5.76. The maximum atomic E-state index is 10.1. The van der Waals surface area contributed by atoms with Gasteiger partial charge in [-0.3, -0.25) is 43.2 Å². The molecule has 0 aliphatic carbocycles. The van der Waals surface area contributed by atoms with Gasteiger partial charge in [0.2, 0.25) is 0 Å². The van der Waals surface area contributed by atoms with Gasteiger partial charge in [-0.1, -0.05) is 0 Å². The van der Waals surface area contributed by atoms with Gasteiger partial charge in [0.25, 0.3) is 0 Å². The Kier molecular flexibility index (Phi) is 197. The molecule has 0 spiro atoms. The van der Waals surface area contributed by atoms with Gasteiger partial charge in [0.15, 0.2) is 0 Å². The van der Waals surface area contributed by atoms with Crippen LogP contribution in [-0.2, 0) is 134 Å². The van der Waals surface area contributed by atoms with Gasteiger partial charge in [0.1, 0.15) is 57.8 Å². The fourth-order valence-corrected chi connectivity index (χ4v) is 2.16. The molecule has 0 amide bonds. The van der Waals surface area contributed by atoms with Crippen LogP contribution in [0.15, 0.2) is 0 Å². The van der Waals surface area contributed by atoms with Gasteiger partial charge in [-0.15, -0.1) is 0 Å². The number of carbonyl (C=O) groups excluding carboxylic acids is 19. The molecule has 0 fully saturated rings. The van der Waals surface area contributed by atoms with E-state index in [-0.39, 0.29) is 118 Å². The van der Waals surface area contributed by atoms with E-state index in [1.807, 2.05) is 0 Å². The molecule has 29 heteroatoms. The number of Topliss-reactive ketones (excluding diaryl/α,β-unsaturated/α-hetero) is 10. The first-order valence-electron chi connectivity index (χ1n) is 30.3. The minimum atomic E-state index is -0.211. The maximum Gasteiger partial charge on any atom is 0.302 e. The van der Waals surface area contributed by atoms with Gasteiger partial charge >= 0.3 is 53.7 Å². The van der Waals surface area contributed by atoms with Crippen LogP contribution in [0, 0.1) is 0 Å². The van der Waals surface area contributed by atoms with E-state index in [4.69, 9.17) is 5.11 Å². The number of hydrogen-bond donors (Lipinski definition) is 1. The van der Waals surface area contributed by atoms with Gasteiger partial charge < -0.3 is 95.7 Å². The Bertz CT molecular complexity index is 1480. The molecule has 0 saturated heterocycles. The summed E-state index contributed by atoms with van der Waals surface area (Å²) in [5.74, 6) is -0.249. The Morgan fingerprint density at radius 2 is 0.258 bits per heavy atom. The summed E-state index contributed by atoms with van der Waals surface area (Å²) in [7, 11) is 0. The minimum Gasteiger partial charge on any atom is -0.466 e. The normalized spacial score (nSPS) is 7.32. The van der Waals surface area contributed by atoms with Gasteiger partial charge in [0, 0.05) is 75.3 Å². The summed E-state index contributed by atoms with van der Waals surface area (Å²) >= 11 is 0. The topological polar surface area (TPSA) is 428 Å². The average Bonchev–Trinajstić information content (AvgIpc) is 3.33. The number of rotatable bonds is 12. The first-order chi connectivity index (χ1) is 43.8. The van der Waals surface area contributed by atoms with Crippen molar-refractivity contribution in [2.24, 2.45) is 0 Å². The molecule has 0 saturated carbocycles. The second-order valence-corrected chi connectivity index (χ2v) is 18.0. The molecule has 0 aromatic heterocycles. The van der Waals surface area contributed by atoms with Crippen LogP contribution in [0.2, 0.25) is 0 Å². The molecule has 0 radical (unpaired) electrons. The molecule has 0 unspecified atom stereocenters. The summed E-state index contributed by atoms with van der Waals surface area (Å²) in [4.78, 5) is 183. The SMILES string of the molecule is CC(=O)CCCO.CC(C)=O.CC(C)=O.CC(C)=O.CC(C)=O.CC(C)=O.CC(C)=O.CC(C)=O.CC(C)=O.CC(C)=O.CCOC(C)=O.CCOC(C)=O.CCOC(C)=O.CCOC(C)=O.CCOC(C)=O.CCOC(C)=O.CCOC(C)=O.CCOC(C)=O.CCOC(C)=O. The third-order valence-corrected chi connectivity index (χ3v) is 3.82. The fraction of sp³-hybridized carbons (Fsp3) is 0.721. The lowest BCUT2D eigenvalue weighted by Gasteiger charge is -1.89. The summed E-state index contributed by atoms with van der Waals surface area (Å²) in [5, 5.41) is 8.16. The molecule has 0 bridgehead atoms. The Morgan fingerprint density at radius 3 is 0.268 bits per heavy atom. The average molecular weight is 1420 g/mol. The largest absolute Gasteiger partial charge is 0.466 e. The highest BCUT2D eigenvalue weighted by atomic mass is 16.6. The Hall–Kier alpha value is -8.11. The van der Waals surface area contributed by atoms with Crippen molar-refractivity contribution in [3.8, 4) is 0 Å². The van der Waals surface area contributed by atoms with Crippen molar-refractivity contribution in [1.82, 2.24) is 0 Å². The van der Waals surface area contributed by atoms with E-state index in [9.17, 15) is 91.1 Å².